The minimum atomic E-state index is -0.358. The highest BCUT2D eigenvalue weighted by atomic mass is 19.1. The highest BCUT2D eigenvalue weighted by molar-refractivity contribution is 6.45. The molecule has 1 amide bonds. The number of hydrogen-bond acceptors (Lipinski definition) is 8. The zero-order chi connectivity index (χ0) is 28.3. The van der Waals surface area contributed by atoms with E-state index >= 15 is 0 Å². The molecule has 3 saturated heterocycles. The number of amides is 1. The fourth-order valence-corrected chi connectivity index (χ4v) is 7.93. The van der Waals surface area contributed by atoms with Crippen LogP contribution in [0, 0.1) is 23.1 Å². The van der Waals surface area contributed by atoms with Gasteiger partial charge >= 0.3 is 0 Å². The van der Waals surface area contributed by atoms with E-state index < -0.39 is 0 Å². The van der Waals surface area contributed by atoms with Crippen LogP contribution in [0.3, 0.4) is 0 Å². The van der Waals surface area contributed by atoms with Gasteiger partial charge in [-0.1, -0.05) is 25.6 Å². The molecule has 3 aliphatic heterocycles. The molecular weight excluding hydrogens is 532 g/mol. The Morgan fingerprint density at radius 3 is 2.74 bits per heavy atom. The maximum absolute atomic E-state index is 14.4. The number of hydrogen-bond donors (Lipinski definition) is 0. The molecule has 42 heavy (non-hydrogen) atoms. The summed E-state index contributed by atoms with van der Waals surface area (Å²) >= 11 is 0. The molecule has 2 aliphatic carbocycles. The number of carbonyl (C=O) groups excluding carboxylic acids is 1. The van der Waals surface area contributed by atoms with Gasteiger partial charge in [-0.15, -0.1) is 10.2 Å². The normalized spacial score (nSPS) is 26.1. The molecule has 5 fully saturated rings. The van der Waals surface area contributed by atoms with Gasteiger partial charge in [-0.05, 0) is 55.7 Å². The number of halogens is 1. The van der Waals surface area contributed by atoms with Crippen LogP contribution >= 0.6 is 0 Å². The largest absolute Gasteiger partial charge is 0.434 e. The highest BCUT2D eigenvalue weighted by Gasteiger charge is 2.49. The lowest BCUT2D eigenvalue weighted by Gasteiger charge is -2.54. The van der Waals surface area contributed by atoms with Gasteiger partial charge in [-0.2, -0.15) is 0 Å². The van der Waals surface area contributed by atoms with Crippen molar-refractivity contribution < 1.29 is 13.9 Å². The van der Waals surface area contributed by atoms with E-state index in [0.717, 1.165) is 75.4 Å². The molecule has 1 radical (unpaired) electrons. The first kappa shape index (κ1) is 26.0. The van der Waals surface area contributed by atoms with Gasteiger partial charge in [0, 0.05) is 60.7 Å². The van der Waals surface area contributed by atoms with Crippen LogP contribution in [-0.4, -0.2) is 69.4 Å². The van der Waals surface area contributed by atoms with Crippen LogP contribution in [0.25, 0.3) is 11.1 Å². The van der Waals surface area contributed by atoms with Crippen molar-refractivity contribution in [3.8, 4) is 22.8 Å². The average Bonchev–Trinajstić information content (AvgIpc) is 3.61. The average molecular weight is 566 g/mol. The van der Waals surface area contributed by atoms with Crippen LogP contribution in [0.4, 0.5) is 10.2 Å². The number of piperidine rings is 1. The maximum atomic E-state index is 14.4. The van der Waals surface area contributed by atoms with Crippen molar-refractivity contribution in [1.29, 1.82) is 0 Å². The van der Waals surface area contributed by atoms with Crippen molar-refractivity contribution in [3.05, 3.63) is 48.6 Å². The molecule has 5 heterocycles. The first-order valence-electron chi connectivity index (χ1n) is 15.4. The van der Waals surface area contributed by atoms with Gasteiger partial charge < -0.3 is 14.5 Å². The Balaban J connectivity index is 0.961. The summed E-state index contributed by atoms with van der Waals surface area (Å²) in [6, 6.07) is 4.47. The third kappa shape index (κ3) is 4.61. The van der Waals surface area contributed by atoms with E-state index in [2.05, 4.69) is 42.2 Å². The molecule has 11 heteroatoms. The van der Waals surface area contributed by atoms with Crippen molar-refractivity contribution in [2.45, 2.75) is 63.0 Å². The molecular formula is C31H34BFN7O2. The topological polar surface area (TPSA) is 97.2 Å². The molecule has 215 valence electrons. The van der Waals surface area contributed by atoms with E-state index in [1.165, 1.54) is 37.7 Å². The molecule has 0 bridgehead atoms. The predicted octanol–water partition coefficient (Wildman–Crippen LogP) is 4.91. The van der Waals surface area contributed by atoms with Gasteiger partial charge in [0.05, 0.1) is 5.69 Å². The van der Waals surface area contributed by atoms with Crippen molar-refractivity contribution in [1.82, 2.24) is 30.0 Å². The summed E-state index contributed by atoms with van der Waals surface area (Å²) in [4.78, 5) is 30.9. The number of aromatic nitrogens is 5. The third-order valence-electron chi connectivity index (χ3n) is 10.4. The molecule has 2 unspecified atom stereocenters. The van der Waals surface area contributed by atoms with E-state index in [0.29, 0.717) is 40.8 Å². The highest BCUT2D eigenvalue weighted by Crippen LogP contribution is 2.50. The zero-order valence-electron chi connectivity index (χ0n) is 23.7. The van der Waals surface area contributed by atoms with E-state index in [9.17, 15) is 9.18 Å². The Morgan fingerprint density at radius 1 is 1.05 bits per heavy atom. The maximum Gasteiger partial charge on any atom is 0.282 e. The summed E-state index contributed by atoms with van der Waals surface area (Å²) in [5.41, 5.74) is 2.45. The standard InChI is InChI=1S/C31H34BFN7O2/c33-21-6-7-25(23(12-21)24-14-34-17-35-27(24)19-4-5-19)42-29-28(36-18-37-38-29)40-15-31(16-40)8-10-39(11-9-31)30(41)26-22-3-1-2-20(22)13-32-26/h6-7,12,14,17-20,22,26H,1-5,8-11,13,15-16H2/t20?,22?,26-/m0/s1. The number of carbonyl (C=O) groups is 1. The van der Waals surface area contributed by atoms with Crippen molar-refractivity contribution in [3.63, 3.8) is 0 Å². The summed E-state index contributed by atoms with van der Waals surface area (Å²) < 4.78 is 20.8. The molecule has 3 atom stereocenters. The van der Waals surface area contributed by atoms with Gasteiger partial charge in [0.25, 0.3) is 5.88 Å². The Kier molecular flexibility index (Phi) is 6.37. The van der Waals surface area contributed by atoms with Crippen LogP contribution in [0.15, 0.2) is 37.1 Å². The van der Waals surface area contributed by atoms with Crippen LogP contribution in [-0.2, 0) is 4.79 Å². The first-order valence-corrected chi connectivity index (χ1v) is 15.4. The minimum Gasteiger partial charge on any atom is -0.434 e. The lowest BCUT2D eigenvalue weighted by Crippen LogP contribution is -2.61. The number of likely N-dealkylation sites (tertiary alicyclic amines) is 1. The van der Waals surface area contributed by atoms with Crippen molar-refractivity contribution in [2.75, 3.05) is 31.1 Å². The van der Waals surface area contributed by atoms with Gasteiger partial charge in [0.15, 0.2) is 5.82 Å². The molecule has 9 nitrogen and oxygen atoms in total. The second kappa shape index (κ2) is 10.3. The summed E-state index contributed by atoms with van der Waals surface area (Å²) in [5.74, 6) is 3.20. The molecule has 5 aliphatic rings. The van der Waals surface area contributed by atoms with Crippen molar-refractivity contribution in [2.24, 2.45) is 17.3 Å². The number of anilines is 1. The van der Waals surface area contributed by atoms with Crippen LogP contribution in [0.2, 0.25) is 12.1 Å². The number of rotatable bonds is 6. The second-order valence-electron chi connectivity index (χ2n) is 13.0. The van der Waals surface area contributed by atoms with Gasteiger partial charge in [-0.3, -0.25) is 4.79 Å². The number of ether oxygens (including phenoxy) is 1. The van der Waals surface area contributed by atoms with Gasteiger partial charge in [-0.25, -0.2) is 19.3 Å². The molecule has 2 saturated carbocycles. The zero-order valence-corrected chi connectivity index (χ0v) is 23.7. The van der Waals surface area contributed by atoms with Gasteiger partial charge in [0.1, 0.15) is 31.5 Å². The number of benzene rings is 1. The van der Waals surface area contributed by atoms with E-state index in [1.807, 2.05) is 0 Å². The summed E-state index contributed by atoms with van der Waals surface area (Å²) in [5, 5.41) is 8.28. The van der Waals surface area contributed by atoms with Crippen LogP contribution < -0.4 is 9.64 Å². The third-order valence-corrected chi connectivity index (χ3v) is 10.4. The fourth-order valence-electron chi connectivity index (χ4n) is 7.93. The Labute approximate surface area is 245 Å². The van der Waals surface area contributed by atoms with Crippen LogP contribution in [0.1, 0.15) is 56.6 Å². The van der Waals surface area contributed by atoms with Crippen LogP contribution in [0.5, 0.6) is 11.6 Å². The smallest absolute Gasteiger partial charge is 0.282 e. The Bertz CT molecular complexity index is 1500. The summed E-state index contributed by atoms with van der Waals surface area (Å²) in [7, 11) is 2.31. The molecule has 8 rings (SSSR count). The Morgan fingerprint density at radius 2 is 1.90 bits per heavy atom. The fraction of sp³-hybridized carbons (Fsp3) is 0.548. The van der Waals surface area contributed by atoms with E-state index in [-0.39, 0.29) is 17.0 Å². The quantitative estimate of drug-likeness (QED) is 0.389. The predicted molar refractivity (Wildman–Crippen MR) is 155 cm³/mol. The molecule has 1 spiro atoms. The van der Waals surface area contributed by atoms with E-state index in [1.54, 1.807) is 18.6 Å². The molecule has 2 aromatic heterocycles. The Hall–Kier alpha value is -3.63. The molecule has 1 aromatic carbocycles. The molecule has 3 aromatic rings. The summed E-state index contributed by atoms with van der Waals surface area (Å²) in [6.07, 6.45) is 13.7. The van der Waals surface area contributed by atoms with Crippen molar-refractivity contribution >= 4 is 19.0 Å². The van der Waals surface area contributed by atoms with E-state index in [4.69, 9.17) is 4.74 Å². The number of nitrogens with zero attached hydrogens (tertiary/aromatic N) is 7. The lowest BCUT2D eigenvalue weighted by molar-refractivity contribution is -0.134. The molecule has 0 N–H and O–H groups in total. The summed E-state index contributed by atoms with van der Waals surface area (Å²) in [6.45, 7) is 3.31. The van der Waals surface area contributed by atoms with Gasteiger partial charge in [0.2, 0.25) is 5.91 Å². The lowest BCUT2D eigenvalue weighted by atomic mass is 9.63. The first-order chi connectivity index (χ1) is 20.6. The second-order valence-corrected chi connectivity index (χ2v) is 13.0. The monoisotopic (exact) mass is 566 g/mol. The number of fused-ring (bicyclic) bond motifs is 1. The SMILES string of the molecule is O=C([C@H]1[B]CC2CCCC21)N1CCC2(CC1)CN(c1ncnnc1Oc1ccc(F)cc1-c1cncnc1C1CC1)C2. The minimum absolute atomic E-state index is 0.135.